The molecule has 2 heterocycles. The van der Waals surface area contributed by atoms with E-state index in [0.717, 1.165) is 24.0 Å². The van der Waals surface area contributed by atoms with Gasteiger partial charge < -0.3 is 9.30 Å². The van der Waals surface area contributed by atoms with Crippen molar-refractivity contribution in [1.82, 2.24) is 4.57 Å². The van der Waals surface area contributed by atoms with E-state index in [2.05, 4.69) is 6.92 Å². The van der Waals surface area contributed by atoms with Gasteiger partial charge in [-0.15, -0.1) is 0 Å². The van der Waals surface area contributed by atoms with Gasteiger partial charge in [0.15, 0.2) is 15.3 Å². The Morgan fingerprint density at radius 1 is 1.18 bits per heavy atom. The lowest BCUT2D eigenvalue weighted by molar-refractivity contribution is -0.106. The highest BCUT2D eigenvalue weighted by Crippen LogP contribution is 2.45. The SMILES string of the molecule is CCCCOc1cc2c(cc1Cl)-c1cc(=O)c(CS(=O)(=O)CC(F)(F)F)cn1C(C(C)(C)C)C2. The van der Waals surface area contributed by atoms with Gasteiger partial charge in [-0.05, 0) is 36.0 Å². The molecule has 1 unspecified atom stereocenters. The quantitative estimate of drug-likeness (QED) is 0.423. The standard InChI is InChI=1S/C24H29ClF3NO4S/c1-5-6-7-33-21-8-15-9-22(23(2,3)4)29-12-16(13-34(31,32)14-24(26,27)28)20(30)11-19(29)17(15)10-18(21)25/h8,10-12,22H,5-7,9,13-14H2,1-4H3. The summed E-state index contributed by atoms with van der Waals surface area (Å²) in [5, 5.41) is 0.389. The highest BCUT2D eigenvalue weighted by Gasteiger charge is 2.37. The molecule has 0 spiro atoms. The molecule has 3 rings (SSSR count). The third kappa shape index (κ3) is 6.16. The molecule has 5 nitrogen and oxygen atoms in total. The van der Waals surface area contributed by atoms with Crippen molar-refractivity contribution in [3.63, 3.8) is 0 Å². The highest BCUT2D eigenvalue weighted by atomic mass is 35.5. The molecule has 0 saturated heterocycles. The van der Waals surface area contributed by atoms with Gasteiger partial charge in [-0.3, -0.25) is 4.79 Å². The molecular weight excluding hydrogens is 491 g/mol. The molecule has 1 aliphatic heterocycles. The Bertz CT molecular complexity index is 1230. The Balaban J connectivity index is 2.11. The minimum atomic E-state index is -4.87. The molecule has 0 bridgehead atoms. The first kappa shape index (κ1) is 26.6. The van der Waals surface area contributed by atoms with Gasteiger partial charge >= 0.3 is 6.18 Å². The van der Waals surface area contributed by atoms with Crippen molar-refractivity contribution < 1.29 is 26.3 Å². The molecular formula is C24H29ClF3NO4S. The fraction of sp³-hybridized carbons (Fsp3) is 0.542. The molecule has 10 heteroatoms. The minimum absolute atomic E-state index is 0.177. The van der Waals surface area contributed by atoms with Crippen molar-refractivity contribution in [3.05, 3.63) is 50.8 Å². The minimum Gasteiger partial charge on any atom is -0.492 e. The summed E-state index contributed by atoms with van der Waals surface area (Å²) in [6, 6.07) is 4.72. The van der Waals surface area contributed by atoms with Crippen molar-refractivity contribution in [2.45, 2.75) is 64.9 Å². The van der Waals surface area contributed by atoms with Crippen LogP contribution in [0.2, 0.25) is 5.02 Å². The lowest BCUT2D eigenvalue weighted by Gasteiger charge is -2.39. The second-order valence-electron chi connectivity index (χ2n) is 9.83. The van der Waals surface area contributed by atoms with Crippen LogP contribution >= 0.6 is 11.6 Å². The Kier molecular flexibility index (Phi) is 7.49. The molecule has 1 atom stereocenters. The molecule has 0 N–H and O–H groups in total. The van der Waals surface area contributed by atoms with Gasteiger partial charge in [0.05, 0.1) is 23.1 Å². The molecule has 1 aromatic heterocycles. The molecule has 0 amide bonds. The number of unbranched alkanes of at least 4 members (excludes halogenated alkanes) is 1. The number of hydrogen-bond donors (Lipinski definition) is 0. The zero-order valence-corrected chi connectivity index (χ0v) is 21.2. The molecule has 0 aliphatic carbocycles. The van der Waals surface area contributed by atoms with E-state index in [1.807, 2.05) is 26.8 Å². The number of sulfone groups is 1. The number of pyridine rings is 1. The summed E-state index contributed by atoms with van der Waals surface area (Å²) in [5.74, 6) is -2.38. The van der Waals surface area contributed by atoms with E-state index in [9.17, 15) is 26.4 Å². The number of nitrogens with zero attached hydrogens (tertiary/aromatic N) is 1. The number of halogens is 4. The molecule has 0 fully saturated rings. The van der Waals surface area contributed by atoms with Crippen LogP contribution in [-0.2, 0) is 22.0 Å². The summed E-state index contributed by atoms with van der Waals surface area (Å²) in [4.78, 5) is 12.8. The molecule has 1 aliphatic rings. The molecule has 2 aromatic rings. The molecule has 1 aromatic carbocycles. The number of rotatable bonds is 7. The maximum Gasteiger partial charge on any atom is 0.402 e. The fourth-order valence-corrected chi connectivity index (χ4v) is 5.69. The highest BCUT2D eigenvalue weighted by molar-refractivity contribution is 7.90. The largest absolute Gasteiger partial charge is 0.492 e. The van der Waals surface area contributed by atoms with E-state index in [0.29, 0.717) is 29.5 Å². The van der Waals surface area contributed by atoms with Crippen molar-refractivity contribution in [2.24, 2.45) is 5.41 Å². The Hall–Kier alpha value is -2.00. The zero-order chi connectivity index (χ0) is 25.5. The van der Waals surface area contributed by atoms with Crippen LogP contribution < -0.4 is 10.2 Å². The third-order valence-electron chi connectivity index (χ3n) is 5.85. The predicted molar refractivity (Wildman–Crippen MR) is 127 cm³/mol. The van der Waals surface area contributed by atoms with Crippen molar-refractivity contribution in [3.8, 4) is 17.0 Å². The number of aromatic nitrogens is 1. The molecule has 34 heavy (non-hydrogen) atoms. The first-order valence-electron chi connectivity index (χ1n) is 11.1. The topological polar surface area (TPSA) is 65.4 Å². The number of hydrogen-bond acceptors (Lipinski definition) is 4. The number of alkyl halides is 3. The van der Waals surface area contributed by atoms with Gasteiger partial charge in [0.2, 0.25) is 0 Å². The predicted octanol–water partition coefficient (Wildman–Crippen LogP) is 5.97. The first-order valence-corrected chi connectivity index (χ1v) is 13.3. The van der Waals surface area contributed by atoms with E-state index in [1.165, 1.54) is 12.3 Å². The summed E-state index contributed by atoms with van der Waals surface area (Å²) in [6.07, 6.45) is -1.05. The first-order chi connectivity index (χ1) is 15.6. The van der Waals surface area contributed by atoms with Crippen LogP contribution in [-0.4, -0.2) is 31.5 Å². The lowest BCUT2D eigenvalue weighted by atomic mass is 9.79. The van der Waals surface area contributed by atoms with Gasteiger partial charge in [-0.1, -0.05) is 45.7 Å². The summed E-state index contributed by atoms with van der Waals surface area (Å²) >= 11 is 6.45. The van der Waals surface area contributed by atoms with E-state index < -0.39 is 32.9 Å². The molecule has 0 radical (unpaired) electrons. The average molecular weight is 520 g/mol. The maximum absolute atomic E-state index is 12.8. The Morgan fingerprint density at radius 2 is 1.85 bits per heavy atom. The van der Waals surface area contributed by atoms with Crippen molar-refractivity contribution in [2.75, 3.05) is 12.4 Å². The van der Waals surface area contributed by atoms with Gasteiger partial charge in [-0.2, -0.15) is 13.2 Å². The van der Waals surface area contributed by atoms with E-state index in [-0.39, 0.29) is 17.0 Å². The maximum atomic E-state index is 12.8. The number of benzene rings is 1. The smallest absolute Gasteiger partial charge is 0.402 e. The number of ether oxygens (including phenoxy) is 1. The Morgan fingerprint density at radius 3 is 2.44 bits per heavy atom. The summed E-state index contributed by atoms with van der Waals surface area (Å²) < 4.78 is 69.9. The average Bonchev–Trinajstić information content (AvgIpc) is 2.66. The van der Waals surface area contributed by atoms with Gasteiger partial charge in [0.25, 0.3) is 0 Å². The normalized spacial score (nSPS) is 16.2. The second-order valence-corrected chi connectivity index (χ2v) is 12.3. The summed E-state index contributed by atoms with van der Waals surface area (Å²) in [7, 11) is -4.55. The van der Waals surface area contributed by atoms with Gasteiger partial charge in [0, 0.05) is 29.4 Å². The third-order valence-corrected chi connectivity index (χ3v) is 7.67. The summed E-state index contributed by atoms with van der Waals surface area (Å²) in [5.41, 5.74) is 1.09. The van der Waals surface area contributed by atoms with Crippen LogP contribution in [0.4, 0.5) is 13.2 Å². The molecule has 188 valence electrons. The Labute approximate surface area is 202 Å². The van der Waals surface area contributed by atoms with E-state index >= 15 is 0 Å². The van der Waals surface area contributed by atoms with Crippen LogP contribution in [0.15, 0.2) is 29.2 Å². The second kappa shape index (κ2) is 9.57. The number of fused-ring (bicyclic) bond motifs is 3. The monoisotopic (exact) mass is 519 g/mol. The van der Waals surface area contributed by atoms with Crippen LogP contribution in [0.25, 0.3) is 11.3 Å². The zero-order valence-electron chi connectivity index (χ0n) is 19.6. The van der Waals surface area contributed by atoms with E-state index in [4.69, 9.17) is 16.3 Å². The fourth-order valence-electron chi connectivity index (χ4n) is 4.18. The summed E-state index contributed by atoms with van der Waals surface area (Å²) in [6.45, 7) is 8.63. The van der Waals surface area contributed by atoms with Crippen LogP contribution in [0, 0.1) is 5.41 Å². The lowest BCUT2D eigenvalue weighted by Crippen LogP contribution is -2.33. The van der Waals surface area contributed by atoms with Crippen molar-refractivity contribution >= 4 is 21.4 Å². The van der Waals surface area contributed by atoms with Gasteiger partial charge in [-0.25, -0.2) is 8.42 Å². The van der Waals surface area contributed by atoms with Crippen LogP contribution in [0.1, 0.15) is 57.7 Å². The van der Waals surface area contributed by atoms with Gasteiger partial charge in [0.1, 0.15) is 11.5 Å². The van der Waals surface area contributed by atoms with Crippen LogP contribution in [0.3, 0.4) is 0 Å². The van der Waals surface area contributed by atoms with Crippen LogP contribution in [0.5, 0.6) is 5.75 Å². The van der Waals surface area contributed by atoms with E-state index in [1.54, 1.807) is 10.6 Å². The molecule has 0 saturated carbocycles. The van der Waals surface area contributed by atoms with Crippen molar-refractivity contribution in [1.29, 1.82) is 0 Å².